The van der Waals surface area contributed by atoms with Crippen LogP contribution >= 0.6 is 0 Å². The maximum absolute atomic E-state index is 12.2. The summed E-state index contributed by atoms with van der Waals surface area (Å²) in [5.41, 5.74) is 0.906. The number of benzene rings is 2. The molecule has 0 atom stereocenters. The summed E-state index contributed by atoms with van der Waals surface area (Å²) in [4.78, 5) is 21.9. The van der Waals surface area contributed by atoms with E-state index in [9.17, 15) is 14.9 Å². The fraction of sp³-hybridized carbons (Fsp3) is 0.118. The van der Waals surface area contributed by atoms with Crippen LogP contribution < -0.4 is 14.2 Å². The normalized spacial score (nSPS) is 10.4. The van der Waals surface area contributed by atoms with Crippen LogP contribution in [0.25, 0.3) is 6.08 Å². The first-order valence-electron chi connectivity index (χ1n) is 6.89. The average molecular weight is 329 g/mol. The molecule has 0 bridgehead atoms. The van der Waals surface area contributed by atoms with Crippen molar-refractivity contribution in [2.24, 2.45) is 0 Å². The van der Waals surface area contributed by atoms with Gasteiger partial charge in [-0.3, -0.25) is 10.1 Å². The van der Waals surface area contributed by atoms with Crippen molar-refractivity contribution >= 4 is 12.0 Å². The summed E-state index contributed by atoms with van der Waals surface area (Å²) in [7, 11) is 2.95. The van der Waals surface area contributed by atoms with E-state index in [4.69, 9.17) is 14.2 Å². The van der Waals surface area contributed by atoms with Gasteiger partial charge in [0.05, 0.1) is 24.7 Å². The molecule has 0 fully saturated rings. The minimum absolute atomic E-state index is 0.219. The Morgan fingerprint density at radius 2 is 1.75 bits per heavy atom. The number of nitrogens with zero attached hydrogens (tertiary/aromatic N) is 1. The Morgan fingerprint density at radius 3 is 2.33 bits per heavy atom. The Morgan fingerprint density at radius 1 is 1.04 bits per heavy atom. The lowest BCUT2D eigenvalue weighted by molar-refractivity contribution is -0.400. The summed E-state index contributed by atoms with van der Waals surface area (Å²) < 4.78 is 15.5. The number of carbonyl (C=O) groups excluding carboxylic acids is 1. The lowest BCUT2D eigenvalue weighted by atomic mass is 10.2. The van der Waals surface area contributed by atoms with E-state index >= 15 is 0 Å². The topological polar surface area (TPSA) is 87.9 Å². The van der Waals surface area contributed by atoms with Gasteiger partial charge in [-0.15, -0.1) is 0 Å². The highest BCUT2D eigenvalue weighted by Gasteiger charge is 2.13. The molecular weight excluding hydrogens is 314 g/mol. The number of hydrogen-bond acceptors (Lipinski definition) is 6. The lowest BCUT2D eigenvalue weighted by Crippen LogP contribution is -2.09. The van der Waals surface area contributed by atoms with Crippen molar-refractivity contribution in [1.82, 2.24) is 0 Å². The summed E-state index contributed by atoms with van der Waals surface area (Å²) >= 11 is 0. The van der Waals surface area contributed by atoms with Crippen molar-refractivity contribution in [3.05, 3.63) is 69.9 Å². The predicted octanol–water partition coefficient (Wildman–Crippen LogP) is 3.17. The van der Waals surface area contributed by atoms with Gasteiger partial charge in [-0.1, -0.05) is 6.07 Å². The van der Waals surface area contributed by atoms with Crippen molar-refractivity contribution in [1.29, 1.82) is 0 Å². The average Bonchev–Trinajstić information content (AvgIpc) is 2.60. The summed E-state index contributed by atoms with van der Waals surface area (Å²) in [6, 6.07) is 11.1. The number of carbonyl (C=O) groups is 1. The van der Waals surface area contributed by atoms with Crippen LogP contribution in [-0.2, 0) is 0 Å². The highest BCUT2D eigenvalue weighted by Crippen LogP contribution is 2.29. The van der Waals surface area contributed by atoms with Crippen molar-refractivity contribution in [3.8, 4) is 17.2 Å². The van der Waals surface area contributed by atoms with Gasteiger partial charge in [0, 0.05) is 6.08 Å². The molecule has 7 nitrogen and oxygen atoms in total. The van der Waals surface area contributed by atoms with E-state index in [1.54, 1.807) is 30.3 Å². The molecule has 24 heavy (non-hydrogen) atoms. The lowest BCUT2D eigenvalue weighted by Gasteiger charge is -2.10. The third-order valence-electron chi connectivity index (χ3n) is 3.10. The molecule has 2 rings (SSSR count). The largest absolute Gasteiger partial charge is 0.497 e. The molecule has 0 radical (unpaired) electrons. The smallest absolute Gasteiger partial charge is 0.343 e. The zero-order valence-electron chi connectivity index (χ0n) is 13.1. The fourth-order valence-electron chi connectivity index (χ4n) is 1.90. The Labute approximate surface area is 138 Å². The number of methoxy groups -OCH3 is 2. The minimum Gasteiger partial charge on any atom is -0.497 e. The van der Waals surface area contributed by atoms with E-state index in [2.05, 4.69) is 0 Å². The Hall–Kier alpha value is -3.35. The summed E-state index contributed by atoms with van der Waals surface area (Å²) in [6.07, 6.45) is 2.13. The zero-order valence-corrected chi connectivity index (χ0v) is 13.1. The molecule has 0 amide bonds. The molecule has 0 spiro atoms. The van der Waals surface area contributed by atoms with Gasteiger partial charge in [-0.2, -0.15) is 0 Å². The second kappa shape index (κ2) is 7.77. The number of esters is 1. The van der Waals surface area contributed by atoms with E-state index in [-0.39, 0.29) is 5.75 Å². The molecule has 0 aliphatic rings. The Kier molecular flexibility index (Phi) is 5.51. The third-order valence-corrected chi connectivity index (χ3v) is 3.10. The van der Waals surface area contributed by atoms with E-state index < -0.39 is 10.9 Å². The molecule has 0 aromatic heterocycles. The molecule has 2 aromatic carbocycles. The molecule has 0 aliphatic heterocycles. The molecule has 0 N–H and O–H groups in total. The third kappa shape index (κ3) is 4.33. The molecular formula is C17H15NO6. The van der Waals surface area contributed by atoms with Crippen molar-refractivity contribution in [2.45, 2.75) is 0 Å². The second-order valence-corrected chi connectivity index (χ2v) is 4.63. The van der Waals surface area contributed by atoms with Crippen LogP contribution in [0.15, 0.2) is 48.7 Å². The predicted molar refractivity (Wildman–Crippen MR) is 87.0 cm³/mol. The van der Waals surface area contributed by atoms with Crippen LogP contribution in [-0.4, -0.2) is 25.1 Å². The summed E-state index contributed by atoms with van der Waals surface area (Å²) in [5, 5.41) is 10.4. The molecule has 2 aromatic rings. The highest BCUT2D eigenvalue weighted by molar-refractivity contribution is 5.91. The molecule has 0 unspecified atom stereocenters. The number of hydrogen-bond donors (Lipinski definition) is 0. The van der Waals surface area contributed by atoms with Gasteiger partial charge in [0.1, 0.15) is 5.75 Å². The highest BCUT2D eigenvalue weighted by atomic mass is 16.6. The first kappa shape index (κ1) is 17.0. The van der Waals surface area contributed by atoms with Gasteiger partial charge in [0.25, 0.3) is 0 Å². The quantitative estimate of drug-likeness (QED) is 0.350. The molecule has 0 saturated heterocycles. The number of nitro groups is 1. The second-order valence-electron chi connectivity index (χ2n) is 4.63. The van der Waals surface area contributed by atoms with Crippen molar-refractivity contribution < 1.29 is 23.9 Å². The van der Waals surface area contributed by atoms with Gasteiger partial charge >= 0.3 is 5.97 Å². The van der Waals surface area contributed by atoms with E-state index in [1.165, 1.54) is 32.4 Å². The van der Waals surface area contributed by atoms with E-state index in [0.29, 0.717) is 22.6 Å². The van der Waals surface area contributed by atoms with Crippen molar-refractivity contribution in [2.75, 3.05) is 14.2 Å². The van der Waals surface area contributed by atoms with Crippen LogP contribution in [0, 0.1) is 10.1 Å². The zero-order chi connectivity index (χ0) is 17.5. The van der Waals surface area contributed by atoms with Gasteiger partial charge in [0.2, 0.25) is 6.20 Å². The van der Waals surface area contributed by atoms with Crippen LogP contribution in [0.4, 0.5) is 0 Å². The Balaban J connectivity index is 2.18. The molecule has 124 valence electrons. The summed E-state index contributed by atoms with van der Waals surface area (Å²) in [5.74, 6) is 0.592. The standard InChI is InChI=1S/C17H15NO6/c1-22-14-6-4-13(5-7-14)17(19)24-15-8-3-12(9-10-18(20)21)11-16(15)23-2/h3-11H,1-2H3/b10-9+. The van der Waals surface area contributed by atoms with Crippen molar-refractivity contribution in [3.63, 3.8) is 0 Å². The maximum atomic E-state index is 12.2. The Bertz CT molecular complexity index is 767. The molecule has 7 heteroatoms. The first-order valence-corrected chi connectivity index (χ1v) is 6.89. The SMILES string of the molecule is COc1ccc(C(=O)Oc2ccc(/C=C/[N+](=O)[O-])cc2OC)cc1. The molecule has 0 aliphatic carbocycles. The minimum atomic E-state index is -0.565. The van der Waals surface area contributed by atoms with Gasteiger partial charge < -0.3 is 14.2 Å². The first-order chi connectivity index (χ1) is 11.5. The number of rotatable bonds is 6. The fourth-order valence-corrected chi connectivity index (χ4v) is 1.90. The van der Waals surface area contributed by atoms with E-state index in [1.807, 2.05) is 0 Å². The van der Waals surface area contributed by atoms with E-state index in [0.717, 1.165) is 6.20 Å². The summed E-state index contributed by atoms with van der Waals surface area (Å²) in [6.45, 7) is 0. The molecule has 0 saturated carbocycles. The van der Waals surface area contributed by atoms with Crippen LogP contribution in [0.2, 0.25) is 0 Å². The monoisotopic (exact) mass is 329 g/mol. The van der Waals surface area contributed by atoms with Gasteiger partial charge in [0.15, 0.2) is 11.5 Å². The molecule has 0 heterocycles. The van der Waals surface area contributed by atoms with Gasteiger partial charge in [-0.25, -0.2) is 4.79 Å². The van der Waals surface area contributed by atoms with Crippen LogP contribution in [0.5, 0.6) is 17.2 Å². The van der Waals surface area contributed by atoms with Crippen LogP contribution in [0.3, 0.4) is 0 Å². The van der Waals surface area contributed by atoms with Crippen LogP contribution in [0.1, 0.15) is 15.9 Å². The van der Waals surface area contributed by atoms with Gasteiger partial charge in [-0.05, 0) is 42.0 Å². The maximum Gasteiger partial charge on any atom is 0.343 e. The number of ether oxygens (including phenoxy) is 3.